The van der Waals surface area contributed by atoms with Crippen LogP contribution < -0.4 is 4.74 Å². The number of carboxylic acids is 1. The lowest BCUT2D eigenvalue weighted by Gasteiger charge is -2.26. The molecule has 0 radical (unpaired) electrons. The Morgan fingerprint density at radius 3 is 2.72 bits per heavy atom. The molecule has 6 nitrogen and oxygen atoms in total. The molecule has 1 heterocycles. The summed E-state index contributed by atoms with van der Waals surface area (Å²) in [6.07, 6.45) is 5.77. The summed E-state index contributed by atoms with van der Waals surface area (Å²) in [4.78, 5) is 10.8. The van der Waals surface area contributed by atoms with E-state index in [4.69, 9.17) is 14.6 Å². The molecule has 1 saturated heterocycles. The minimum atomic E-state index is -0.778. The fourth-order valence-electron chi connectivity index (χ4n) is 4.64. The van der Waals surface area contributed by atoms with Gasteiger partial charge in [-0.2, -0.15) is 0 Å². The van der Waals surface area contributed by atoms with Gasteiger partial charge >= 0.3 is 5.97 Å². The fourth-order valence-corrected chi connectivity index (χ4v) is 4.64. The highest BCUT2D eigenvalue weighted by molar-refractivity contribution is 5.66. The lowest BCUT2D eigenvalue weighted by atomic mass is 9.80. The highest BCUT2D eigenvalue weighted by Gasteiger charge is 2.43. The van der Waals surface area contributed by atoms with E-state index in [1.165, 1.54) is 0 Å². The normalized spacial score (nSPS) is 29.8. The highest BCUT2D eigenvalue weighted by atomic mass is 16.5. The molecule has 5 atom stereocenters. The molecule has 0 amide bonds. The zero-order valence-electron chi connectivity index (χ0n) is 16.8. The van der Waals surface area contributed by atoms with Crippen LogP contribution in [0.4, 0.5) is 0 Å². The first-order valence-electron chi connectivity index (χ1n) is 10.6. The standard InChI is InChI=1S/C23H32O6/c24-18(11-12-28-19-6-2-1-3-7-19)14-17-13-16(5-4-8-22(26)27)15-29-21-10-9-20(25)23(17)21/h1-3,6-7,14,16-17,20-21,23-25H,4-5,8-13,15H2,(H,26,27)/t16-,17?,20-,21+,23-/m1/s1. The second-order valence-electron chi connectivity index (χ2n) is 8.21. The van der Waals surface area contributed by atoms with Crippen molar-refractivity contribution in [2.24, 2.45) is 17.8 Å². The maximum atomic E-state index is 10.8. The summed E-state index contributed by atoms with van der Waals surface area (Å²) in [5, 5.41) is 29.9. The molecule has 1 unspecified atom stereocenters. The van der Waals surface area contributed by atoms with Gasteiger partial charge in [-0.15, -0.1) is 0 Å². The van der Waals surface area contributed by atoms with Crippen molar-refractivity contribution in [3.63, 3.8) is 0 Å². The fraction of sp³-hybridized carbons (Fsp3) is 0.609. The molecular formula is C23H32O6. The van der Waals surface area contributed by atoms with Crippen LogP contribution in [0.5, 0.6) is 5.75 Å². The molecule has 3 N–H and O–H groups in total. The van der Waals surface area contributed by atoms with Crippen molar-refractivity contribution in [2.75, 3.05) is 13.2 Å². The molecule has 160 valence electrons. The van der Waals surface area contributed by atoms with Gasteiger partial charge in [-0.1, -0.05) is 18.2 Å². The van der Waals surface area contributed by atoms with Crippen molar-refractivity contribution in [1.82, 2.24) is 0 Å². The topological polar surface area (TPSA) is 96.2 Å². The van der Waals surface area contributed by atoms with Crippen LogP contribution in [0.1, 0.15) is 44.9 Å². The van der Waals surface area contributed by atoms with E-state index in [1.54, 1.807) is 0 Å². The Bertz CT molecular complexity index is 673. The molecule has 1 aliphatic heterocycles. The van der Waals surface area contributed by atoms with Gasteiger partial charge in [0.2, 0.25) is 0 Å². The Labute approximate surface area is 172 Å². The molecule has 29 heavy (non-hydrogen) atoms. The molecule has 0 bridgehead atoms. The van der Waals surface area contributed by atoms with E-state index in [2.05, 4.69) is 0 Å². The summed E-state index contributed by atoms with van der Waals surface area (Å²) < 4.78 is 11.7. The first kappa shape index (κ1) is 21.7. The predicted octanol–water partition coefficient (Wildman–Crippen LogP) is 3.94. The van der Waals surface area contributed by atoms with Crippen LogP contribution in [-0.4, -0.2) is 46.7 Å². The van der Waals surface area contributed by atoms with Crippen molar-refractivity contribution in [3.8, 4) is 5.75 Å². The van der Waals surface area contributed by atoms with Crippen LogP contribution in [0.25, 0.3) is 0 Å². The lowest BCUT2D eigenvalue weighted by Crippen LogP contribution is -2.30. The maximum absolute atomic E-state index is 10.8. The van der Waals surface area contributed by atoms with E-state index >= 15 is 0 Å². The van der Waals surface area contributed by atoms with Crippen molar-refractivity contribution in [3.05, 3.63) is 42.2 Å². The number of aliphatic carboxylic acids is 1. The maximum Gasteiger partial charge on any atom is 0.303 e. The van der Waals surface area contributed by atoms with Gasteiger partial charge in [-0.05, 0) is 62.1 Å². The number of rotatable bonds is 9. The summed E-state index contributed by atoms with van der Waals surface area (Å²) in [5.74, 6) is 0.507. The molecule has 1 saturated carbocycles. The molecule has 1 aromatic rings. The first-order chi connectivity index (χ1) is 14.0. The monoisotopic (exact) mass is 404 g/mol. The second kappa shape index (κ2) is 10.6. The smallest absolute Gasteiger partial charge is 0.303 e. The van der Waals surface area contributed by atoms with Gasteiger partial charge in [0.1, 0.15) is 5.75 Å². The number of aliphatic hydroxyl groups is 2. The Hall–Kier alpha value is -2.05. The number of allylic oxidation sites excluding steroid dienone is 1. The zero-order chi connectivity index (χ0) is 20.6. The van der Waals surface area contributed by atoms with Gasteiger partial charge in [0.15, 0.2) is 0 Å². The molecule has 2 aliphatic rings. The summed E-state index contributed by atoms with van der Waals surface area (Å²) in [7, 11) is 0. The van der Waals surface area contributed by atoms with Gasteiger partial charge in [0, 0.05) is 25.4 Å². The summed E-state index contributed by atoms with van der Waals surface area (Å²) in [5.41, 5.74) is 0. The van der Waals surface area contributed by atoms with Crippen molar-refractivity contribution >= 4 is 5.97 Å². The van der Waals surface area contributed by atoms with Gasteiger partial charge in [0.05, 0.1) is 24.6 Å². The molecule has 1 aromatic carbocycles. The molecule has 3 rings (SSSR count). The largest absolute Gasteiger partial charge is 0.513 e. The SMILES string of the molecule is O=C(O)CCC[C@H]1CO[C@H]2CC[C@@H](O)[C@H]2C(C=C(O)CCOc2ccccc2)C1. The summed E-state index contributed by atoms with van der Waals surface area (Å²) >= 11 is 0. The van der Waals surface area contributed by atoms with Gasteiger partial charge in [-0.25, -0.2) is 0 Å². The Balaban J connectivity index is 1.60. The number of para-hydroxylation sites is 1. The minimum absolute atomic E-state index is 0.00379. The second-order valence-corrected chi connectivity index (χ2v) is 8.21. The van der Waals surface area contributed by atoms with Crippen LogP contribution in [-0.2, 0) is 9.53 Å². The zero-order valence-corrected chi connectivity index (χ0v) is 16.8. The Morgan fingerprint density at radius 1 is 1.17 bits per heavy atom. The average molecular weight is 405 g/mol. The minimum Gasteiger partial charge on any atom is -0.513 e. The van der Waals surface area contributed by atoms with Crippen molar-refractivity contribution < 1.29 is 29.6 Å². The van der Waals surface area contributed by atoms with E-state index in [-0.39, 0.29) is 36.0 Å². The van der Waals surface area contributed by atoms with Crippen LogP contribution in [0.15, 0.2) is 42.2 Å². The number of aliphatic hydroxyl groups excluding tert-OH is 2. The third-order valence-corrected chi connectivity index (χ3v) is 6.05. The average Bonchev–Trinajstić information content (AvgIpc) is 2.97. The molecule has 2 fully saturated rings. The summed E-state index contributed by atoms with van der Waals surface area (Å²) in [6, 6.07) is 9.50. The Morgan fingerprint density at radius 2 is 1.97 bits per heavy atom. The van der Waals surface area contributed by atoms with E-state index in [9.17, 15) is 15.0 Å². The summed E-state index contributed by atoms with van der Waals surface area (Å²) in [6.45, 7) is 0.976. The quantitative estimate of drug-likeness (QED) is 0.540. The van der Waals surface area contributed by atoms with E-state index in [0.717, 1.165) is 31.4 Å². The van der Waals surface area contributed by atoms with Gasteiger partial charge in [0.25, 0.3) is 0 Å². The number of fused-ring (bicyclic) bond motifs is 1. The molecule has 1 aliphatic carbocycles. The first-order valence-corrected chi connectivity index (χ1v) is 10.6. The highest BCUT2D eigenvalue weighted by Crippen LogP contribution is 2.42. The number of carbonyl (C=O) groups is 1. The van der Waals surface area contributed by atoms with E-state index in [0.29, 0.717) is 26.1 Å². The van der Waals surface area contributed by atoms with Crippen LogP contribution in [0, 0.1) is 17.8 Å². The predicted molar refractivity (Wildman–Crippen MR) is 109 cm³/mol. The third kappa shape index (κ3) is 6.47. The molecule has 0 aromatic heterocycles. The van der Waals surface area contributed by atoms with E-state index < -0.39 is 12.1 Å². The molecule has 0 spiro atoms. The molecule has 6 heteroatoms. The number of hydrogen-bond donors (Lipinski definition) is 3. The van der Waals surface area contributed by atoms with Crippen LogP contribution in [0.3, 0.4) is 0 Å². The van der Waals surface area contributed by atoms with Gasteiger partial charge in [-0.3, -0.25) is 4.79 Å². The lowest BCUT2D eigenvalue weighted by molar-refractivity contribution is -0.137. The third-order valence-electron chi connectivity index (χ3n) is 6.05. The van der Waals surface area contributed by atoms with Crippen LogP contribution >= 0.6 is 0 Å². The van der Waals surface area contributed by atoms with Crippen LogP contribution in [0.2, 0.25) is 0 Å². The van der Waals surface area contributed by atoms with Crippen molar-refractivity contribution in [2.45, 2.75) is 57.2 Å². The number of hydrogen-bond acceptors (Lipinski definition) is 5. The van der Waals surface area contributed by atoms with Crippen molar-refractivity contribution in [1.29, 1.82) is 0 Å². The number of ether oxygens (including phenoxy) is 2. The number of benzene rings is 1. The Kier molecular flexibility index (Phi) is 7.95. The molecular weight excluding hydrogens is 372 g/mol. The number of carboxylic acid groups (broad SMARTS) is 1. The van der Waals surface area contributed by atoms with Gasteiger partial charge < -0.3 is 24.8 Å². The van der Waals surface area contributed by atoms with E-state index in [1.807, 2.05) is 36.4 Å².